The zero-order valence-corrected chi connectivity index (χ0v) is 23.8. The van der Waals surface area contributed by atoms with E-state index in [1.165, 1.54) is 43.6 Å². The molecule has 0 unspecified atom stereocenters. The third kappa shape index (κ3) is 3.64. The number of para-hydroxylation sites is 6. The lowest BCUT2D eigenvalue weighted by Gasteiger charge is -2.15. The second-order valence-corrected chi connectivity index (χ2v) is 11.1. The fourth-order valence-electron chi connectivity index (χ4n) is 6.79. The third-order valence-electron chi connectivity index (χ3n) is 8.67. The molecule has 3 aromatic heterocycles. The first-order valence-corrected chi connectivity index (χ1v) is 14.8. The fraction of sp³-hybridized carbons (Fsp3) is 0. The predicted molar refractivity (Wildman–Crippen MR) is 182 cm³/mol. The number of nitrogens with zero attached hydrogens (tertiary/aromatic N) is 4. The highest BCUT2D eigenvalue weighted by Gasteiger charge is 2.18. The van der Waals surface area contributed by atoms with Crippen LogP contribution in [0.2, 0.25) is 0 Å². The number of hydrogen-bond acceptors (Lipinski definition) is 2. The molecule has 0 fully saturated rings. The van der Waals surface area contributed by atoms with Gasteiger partial charge in [0.15, 0.2) is 0 Å². The molecule has 4 nitrogen and oxygen atoms in total. The van der Waals surface area contributed by atoms with E-state index in [2.05, 4.69) is 161 Å². The maximum absolute atomic E-state index is 4.83. The van der Waals surface area contributed by atoms with Crippen molar-refractivity contribution in [2.75, 3.05) is 0 Å². The molecule has 4 heteroatoms. The van der Waals surface area contributed by atoms with Crippen LogP contribution in [-0.4, -0.2) is 19.1 Å². The molecule has 0 aliphatic heterocycles. The molecule has 0 saturated carbocycles. The Hall–Kier alpha value is -6.00. The number of hydrogen-bond donors (Lipinski definition) is 0. The SMILES string of the molecule is c1ccc(-n2c3ccccc3c3ccccc32)c(-c2cc(-c3ccccc3-n3c4ccccc4c4ccccc43)ncn2)c1. The number of fused-ring (bicyclic) bond motifs is 6. The zero-order chi connectivity index (χ0) is 29.0. The monoisotopic (exact) mass is 562 g/mol. The smallest absolute Gasteiger partial charge is 0.116 e. The maximum atomic E-state index is 4.83. The highest BCUT2D eigenvalue weighted by molar-refractivity contribution is 6.10. The zero-order valence-electron chi connectivity index (χ0n) is 23.8. The summed E-state index contributed by atoms with van der Waals surface area (Å²) in [6.07, 6.45) is 1.69. The van der Waals surface area contributed by atoms with E-state index in [1.54, 1.807) is 6.33 Å². The van der Waals surface area contributed by atoms with Gasteiger partial charge in [-0.15, -0.1) is 0 Å². The average Bonchev–Trinajstić information content (AvgIpc) is 3.61. The highest BCUT2D eigenvalue weighted by atomic mass is 15.0. The van der Waals surface area contributed by atoms with E-state index < -0.39 is 0 Å². The van der Waals surface area contributed by atoms with Crippen LogP contribution in [0, 0.1) is 0 Å². The Balaban J connectivity index is 1.26. The van der Waals surface area contributed by atoms with E-state index in [4.69, 9.17) is 9.97 Å². The van der Waals surface area contributed by atoms with Gasteiger partial charge in [0, 0.05) is 32.7 Å². The van der Waals surface area contributed by atoms with E-state index in [1.807, 2.05) is 0 Å². The molecular weight excluding hydrogens is 536 g/mol. The van der Waals surface area contributed by atoms with Gasteiger partial charge in [0.05, 0.1) is 44.8 Å². The van der Waals surface area contributed by atoms with Crippen LogP contribution in [0.4, 0.5) is 0 Å². The average molecular weight is 563 g/mol. The lowest BCUT2D eigenvalue weighted by atomic mass is 10.0. The summed E-state index contributed by atoms with van der Waals surface area (Å²) < 4.78 is 4.71. The van der Waals surface area contributed by atoms with Gasteiger partial charge in [-0.3, -0.25) is 0 Å². The minimum Gasteiger partial charge on any atom is -0.309 e. The molecule has 0 N–H and O–H groups in total. The van der Waals surface area contributed by atoms with E-state index in [-0.39, 0.29) is 0 Å². The topological polar surface area (TPSA) is 35.6 Å². The predicted octanol–water partition coefficient (Wildman–Crippen LogP) is 10.0. The van der Waals surface area contributed by atoms with E-state index in [9.17, 15) is 0 Å². The van der Waals surface area contributed by atoms with Gasteiger partial charge in [0.1, 0.15) is 6.33 Å². The molecule has 0 spiro atoms. The van der Waals surface area contributed by atoms with Gasteiger partial charge >= 0.3 is 0 Å². The van der Waals surface area contributed by atoms with Crippen LogP contribution >= 0.6 is 0 Å². The summed E-state index contributed by atoms with van der Waals surface area (Å²) in [6.45, 7) is 0. The van der Waals surface area contributed by atoms with E-state index >= 15 is 0 Å². The Morgan fingerprint density at radius 1 is 0.341 bits per heavy atom. The first-order chi connectivity index (χ1) is 21.9. The highest BCUT2D eigenvalue weighted by Crippen LogP contribution is 2.38. The molecule has 0 atom stereocenters. The van der Waals surface area contributed by atoms with Crippen molar-refractivity contribution in [1.82, 2.24) is 19.1 Å². The van der Waals surface area contributed by atoms with Gasteiger partial charge in [-0.1, -0.05) is 109 Å². The summed E-state index contributed by atoms with van der Waals surface area (Å²) in [6, 6.07) is 53.6. The van der Waals surface area contributed by atoms with Crippen molar-refractivity contribution in [3.05, 3.63) is 158 Å². The molecule has 0 amide bonds. The molecule has 0 radical (unpaired) electrons. The maximum Gasteiger partial charge on any atom is 0.116 e. The molecule has 0 bridgehead atoms. The summed E-state index contributed by atoms with van der Waals surface area (Å²) in [5, 5.41) is 4.95. The van der Waals surface area contributed by atoms with Crippen molar-refractivity contribution in [3.63, 3.8) is 0 Å². The molecule has 206 valence electrons. The van der Waals surface area contributed by atoms with Crippen molar-refractivity contribution in [2.24, 2.45) is 0 Å². The molecule has 44 heavy (non-hydrogen) atoms. The third-order valence-corrected chi connectivity index (χ3v) is 8.67. The quantitative estimate of drug-likeness (QED) is 0.214. The molecular formula is C40H26N4. The van der Waals surface area contributed by atoms with Crippen LogP contribution in [0.25, 0.3) is 77.5 Å². The van der Waals surface area contributed by atoms with Crippen LogP contribution < -0.4 is 0 Å². The summed E-state index contributed by atoms with van der Waals surface area (Å²) in [5.41, 5.74) is 10.7. The lowest BCUT2D eigenvalue weighted by molar-refractivity contribution is 1.13. The summed E-state index contributed by atoms with van der Waals surface area (Å²) in [4.78, 5) is 9.65. The number of benzene rings is 6. The number of rotatable bonds is 4. The van der Waals surface area contributed by atoms with E-state index in [0.717, 1.165) is 33.9 Å². The molecule has 0 saturated heterocycles. The van der Waals surface area contributed by atoms with Crippen molar-refractivity contribution >= 4 is 43.6 Å². The molecule has 0 aliphatic rings. The van der Waals surface area contributed by atoms with Gasteiger partial charge in [0.25, 0.3) is 0 Å². The standard InChI is InChI=1S/C40H26N4/c1-7-19-35-27(13-1)28-14-2-8-20-36(28)43(35)39-23-11-5-17-31(39)33-25-34(42-26-41-33)32-18-6-12-24-40(32)44-37-21-9-3-15-29(37)30-16-4-10-22-38(30)44/h1-26H. The second kappa shape index (κ2) is 9.79. The van der Waals surface area contributed by atoms with Crippen molar-refractivity contribution < 1.29 is 0 Å². The van der Waals surface area contributed by atoms with Crippen molar-refractivity contribution in [3.8, 4) is 33.9 Å². The number of aromatic nitrogens is 4. The van der Waals surface area contributed by atoms with Gasteiger partial charge < -0.3 is 9.13 Å². The summed E-state index contributed by atoms with van der Waals surface area (Å²) >= 11 is 0. The second-order valence-electron chi connectivity index (χ2n) is 11.1. The molecule has 9 rings (SSSR count). The molecule has 3 heterocycles. The van der Waals surface area contributed by atoms with E-state index in [0.29, 0.717) is 0 Å². The Bertz CT molecular complexity index is 2240. The Morgan fingerprint density at radius 2 is 0.659 bits per heavy atom. The lowest BCUT2D eigenvalue weighted by Crippen LogP contribution is -2.00. The van der Waals surface area contributed by atoms with Crippen LogP contribution in [0.5, 0.6) is 0 Å². The first-order valence-electron chi connectivity index (χ1n) is 14.8. The largest absolute Gasteiger partial charge is 0.309 e. The first kappa shape index (κ1) is 24.6. The molecule has 0 aliphatic carbocycles. The van der Waals surface area contributed by atoms with Crippen molar-refractivity contribution in [2.45, 2.75) is 0 Å². The van der Waals surface area contributed by atoms with Crippen LogP contribution in [0.1, 0.15) is 0 Å². The molecule has 9 aromatic rings. The van der Waals surface area contributed by atoms with Gasteiger partial charge in [0.2, 0.25) is 0 Å². The molecule has 6 aromatic carbocycles. The van der Waals surface area contributed by atoms with Crippen LogP contribution in [0.15, 0.2) is 158 Å². The summed E-state index contributed by atoms with van der Waals surface area (Å²) in [7, 11) is 0. The fourth-order valence-corrected chi connectivity index (χ4v) is 6.79. The minimum atomic E-state index is 0.879. The van der Waals surface area contributed by atoms with Gasteiger partial charge in [-0.2, -0.15) is 0 Å². The van der Waals surface area contributed by atoms with Gasteiger partial charge in [-0.05, 0) is 42.5 Å². The van der Waals surface area contributed by atoms with Gasteiger partial charge in [-0.25, -0.2) is 9.97 Å². The normalized spacial score (nSPS) is 11.6. The Morgan fingerprint density at radius 3 is 1.05 bits per heavy atom. The van der Waals surface area contributed by atoms with Crippen LogP contribution in [-0.2, 0) is 0 Å². The Kier molecular flexibility index (Phi) is 5.47. The summed E-state index contributed by atoms with van der Waals surface area (Å²) in [5.74, 6) is 0. The Labute approximate surface area is 254 Å². The minimum absolute atomic E-state index is 0.879. The van der Waals surface area contributed by atoms with Crippen molar-refractivity contribution in [1.29, 1.82) is 0 Å². The van der Waals surface area contributed by atoms with Crippen LogP contribution in [0.3, 0.4) is 0 Å².